The van der Waals surface area contributed by atoms with Crippen molar-refractivity contribution in [2.45, 2.75) is 39.2 Å². The first-order valence-electron chi connectivity index (χ1n) is 10.7. The Kier molecular flexibility index (Phi) is 7.98. The molecular formula is C22H36N4O2. The highest BCUT2D eigenvalue weighted by atomic mass is 16.5. The molecule has 1 saturated heterocycles. The predicted octanol–water partition coefficient (Wildman–Crippen LogP) is 2.64. The fourth-order valence-corrected chi connectivity index (χ4v) is 3.90. The van der Waals surface area contributed by atoms with Gasteiger partial charge in [0.1, 0.15) is 12.4 Å². The van der Waals surface area contributed by atoms with Crippen LogP contribution in [0.1, 0.15) is 38.2 Å². The number of para-hydroxylation sites is 1. The van der Waals surface area contributed by atoms with Crippen molar-refractivity contribution < 1.29 is 9.47 Å². The molecule has 28 heavy (non-hydrogen) atoms. The second-order valence-electron chi connectivity index (χ2n) is 7.90. The molecule has 2 N–H and O–H groups in total. The number of nitrogens with one attached hydrogen (secondary N) is 2. The van der Waals surface area contributed by atoms with E-state index in [1.54, 1.807) is 0 Å². The second-order valence-corrected chi connectivity index (χ2v) is 7.90. The Morgan fingerprint density at radius 1 is 1.21 bits per heavy atom. The van der Waals surface area contributed by atoms with Crippen LogP contribution in [0.3, 0.4) is 0 Å². The topological polar surface area (TPSA) is 58.1 Å². The van der Waals surface area contributed by atoms with Crippen molar-refractivity contribution in [1.82, 2.24) is 15.5 Å². The van der Waals surface area contributed by atoms with E-state index in [4.69, 9.17) is 9.47 Å². The molecular weight excluding hydrogens is 352 g/mol. The molecule has 1 aromatic carbocycles. The summed E-state index contributed by atoms with van der Waals surface area (Å²) in [7, 11) is 1.83. The molecule has 1 aliphatic carbocycles. The third kappa shape index (κ3) is 5.85. The lowest BCUT2D eigenvalue weighted by molar-refractivity contribution is 0.0322. The molecule has 2 aliphatic rings. The third-order valence-corrected chi connectivity index (χ3v) is 6.21. The first-order valence-corrected chi connectivity index (χ1v) is 10.7. The summed E-state index contributed by atoms with van der Waals surface area (Å²) in [6, 6.07) is 8.25. The van der Waals surface area contributed by atoms with Crippen LogP contribution in [-0.4, -0.2) is 63.9 Å². The number of rotatable bonds is 9. The van der Waals surface area contributed by atoms with Crippen LogP contribution < -0.4 is 15.4 Å². The van der Waals surface area contributed by atoms with E-state index in [1.807, 2.05) is 19.2 Å². The smallest absolute Gasteiger partial charge is 0.191 e. The molecule has 1 aromatic rings. The number of aliphatic imine (C=N–C) groups is 1. The molecule has 2 fully saturated rings. The Balaban J connectivity index is 1.45. The van der Waals surface area contributed by atoms with Gasteiger partial charge in [-0.2, -0.15) is 0 Å². The first-order chi connectivity index (χ1) is 13.7. The average molecular weight is 389 g/mol. The van der Waals surface area contributed by atoms with Gasteiger partial charge in [0.2, 0.25) is 0 Å². The number of guanidine groups is 1. The summed E-state index contributed by atoms with van der Waals surface area (Å²) in [5.41, 5.74) is 1.62. The van der Waals surface area contributed by atoms with Crippen molar-refractivity contribution in [3.8, 4) is 5.75 Å². The zero-order valence-electron chi connectivity index (χ0n) is 17.5. The van der Waals surface area contributed by atoms with E-state index in [-0.39, 0.29) is 0 Å². The van der Waals surface area contributed by atoms with Crippen LogP contribution in [0.25, 0.3) is 0 Å². The molecule has 0 atom stereocenters. The maximum absolute atomic E-state index is 6.08. The molecule has 1 saturated carbocycles. The summed E-state index contributed by atoms with van der Waals surface area (Å²) in [5.74, 6) is 1.81. The van der Waals surface area contributed by atoms with E-state index in [9.17, 15) is 0 Å². The van der Waals surface area contributed by atoms with Gasteiger partial charge in [-0.15, -0.1) is 0 Å². The normalized spacial score (nSPS) is 19.7. The SMILES string of the molecule is CCC1(CNC(=NC)NCc2ccccc2OCCN2CCOCC2)CCC1. The Labute approximate surface area is 169 Å². The van der Waals surface area contributed by atoms with Crippen molar-refractivity contribution >= 4 is 5.96 Å². The van der Waals surface area contributed by atoms with Crippen molar-refractivity contribution in [3.63, 3.8) is 0 Å². The minimum atomic E-state index is 0.470. The number of hydrogen-bond acceptors (Lipinski definition) is 4. The fraction of sp³-hybridized carbons (Fsp3) is 0.682. The summed E-state index contributed by atoms with van der Waals surface area (Å²) < 4.78 is 11.5. The Hall–Kier alpha value is -1.79. The molecule has 6 nitrogen and oxygen atoms in total. The zero-order valence-corrected chi connectivity index (χ0v) is 17.5. The molecule has 0 amide bonds. The van der Waals surface area contributed by atoms with Crippen LogP contribution in [0, 0.1) is 5.41 Å². The number of hydrogen-bond donors (Lipinski definition) is 2. The van der Waals surface area contributed by atoms with Gasteiger partial charge in [-0.3, -0.25) is 9.89 Å². The number of ether oxygens (including phenoxy) is 2. The highest BCUT2D eigenvalue weighted by Gasteiger charge is 2.34. The largest absolute Gasteiger partial charge is 0.492 e. The lowest BCUT2D eigenvalue weighted by atomic mass is 9.67. The maximum atomic E-state index is 6.08. The lowest BCUT2D eigenvalue weighted by Gasteiger charge is -2.41. The van der Waals surface area contributed by atoms with Crippen LogP contribution in [0.2, 0.25) is 0 Å². The monoisotopic (exact) mass is 388 g/mol. The highest BCUT2D eigenvalue weighted by Crippen LogP contribution is 2.42. The molecule has 1 aliphatic heterocycles. The summed E-state index contributed by atoms with van der Waals surface area (Å²) >= 11 is 0. The minimum Gasteiger partial charge on any atom is -0.492 e. The summed E-state index contributed by atoms with van der Waals surface area (Å²) in [6.45, 7) is 9.27. The molecule has 6 heteroatoms. The molecule has 156 valence electrons. The minimum absolute atomic E-state index is 0.470. The van der Waals surface area contributed by atoms with Gasteiger partial charge in [0.15, 0.2) is 5.96 Å². The van der Waals surface area contributed by atoms with E-state index in [2.05, 4.69) is 39.6 Å². The zero-order chi connectivity index (χ0) is 19.7. The molecule has 0 radical (unpaired) electrons. The molecule has 0 aromatic heterocycles. The molecule has 0 spiro atoms. The van der Waals surface area contributed by atoms with E-state index >= 15 is 0 Å². The fourth-order valence-electron chi connectivity index (χ4n) is 3.90. The standard InChI is InChI=1S/C22H36N4O2/c1-3-22(9-6-10-22)18-25-21(23-2)24-17-19-7-4-5-8-20(19)28-16-13-26-11-14-27-15-12-26/h4-5,7-8H,3,6,9-18H2,1-2H3,(H2,23,24,25). The first kappa shape index (κ1) is 20.9. The van der Waals surface area contributed by atoms with E-state index in [0.29, 0.717) is 18.6 Å². The van der Waals surface area contributed by atoms with Crippen molar-refractivity contribution in [2.24, 2.45) is 10.4 Å². The van der Waals surface area contributed by atoms with E-state index in [0.717, 1.165) is 56.7 Å². The van der Waals surface area contributed by atoms with Gasteiger partial charge in [-0.05, 0) is 30.7 Å². The summed E-state index contributed by atoms with van der Waals surface area (Å²) in [5, 5.41) is 6.96. The van der Waals surface area contributed by atoms with Gasteiger partial charge >= 0.3 is 0 Å². The van der Waals surface area contributed by atoms with Crippen LogP contribution in [0.4, 0.5) is 0 Å². The van der Waals surface area contributed by atoms with Gasteiger partial charge in [0, 0.05) is 45.3 Å². The average Bonchev–Trinajstić information content (AvgIpc) is 2.71. The van der Waals surface area contributed by atoms with Crippen LogP contribution in [-0.2, 0) is 11.3 Å². The predicted molar refractivity (Wildman–Crippen MR) is 114 cm³/mol. The van der Waals surface area contributed by atoms with Gasteiger partial charge in [-0.25, -0.2) is 0 Å². The molecule has 3 rings (SSSR count). The van der Waals surface area contributed by atoms with Crippen LogP contribution in [0.5, 0.6) is 5.75 Å². The van der Waals surface area contributed by atoms with Gasteiger partial charge < -0.3 is 20.1 Å². The summed E-state index contributed by atoms with van der Waals surface area (Å²) in [4.78, 5) is 6.78. The van der Waals surface area contributed by atoms with Crippen LogP contribution >= 0.6 is 0 Å². The maximum Gasteiger partial charge on any atom is 0.191 e. The highest BCUT2D eigenvalue weighted by molar-refractivity contribution is 5.79. The number of benzene rings is 1. The Morgan fingerprint density at radius 3 is 2.68 bits per heavy atom. The Morgan fingerprint density at radius 2 is 2.00 bits per heavy atom. The van der Waals surface area contributed by atoms with Gasteiger partial charge in [-0.1, -0.05) is 31.5 Å². The van der Waals surface area contributed by atoms with Gasteiger partial charge in [0.25, 0.3) is 0 Å². The molecule has 1 heterocycles. The third-order valence-electron chi connectivity index (χ3n) is 6.21. The molecule has 0 unspecified atom stereocenters. The van der Waals surface area contributed by atoms with Gasteiger partial charge in [0.05, 0.1) is 13.2 Å². The number of nitrogens with zero attached hydrogens (tertiary/aromatic N) is 2. The van der Waals surface area contributed by atoms with Crippen molar-refractivity contribution in [2.75, 3.05) is 53.0 Å². The summed E-state index contributed by atoms with van der Waals surface area (Å²) in [6.07, 6.45) is 5.24. The molecule has 0 bridgehead atoms. The van der Waals surface area contributed by atoms with E-state index < -0.39 is 0 Å². The Bertz CT molecular complexity index is 619. The quantitative estimate of drug-likeness (QED) is 0.503. The van der Waals surface area contributed by atoms with Crippen molar-refractivity contribution in [3.05, 3.63) is 29.8 Å². The van der Waals surface area contributed by atoms with Crippen LogP contribution in [0.15, 0.2) is 29.3 Å². The number of morpholine rings is 1. The lowest BCUT2D eigenvalue weighted by Crippen LogP contribution is -2.46. The second kappa shape index (κ2) is 10.7. The van der Waals surface area contributed by atoms with Crippen molar-refractivity contribution in [1.29, 1.82) is 0 Å². The van der Waals surface area contributed by atoms with E-state index in [1.165, 1.54) is 25.7 Å².